The van der Waals surface area contributed by atoms with Crippen LogP contribution in [0.25, 0.3) is 0 Å². The molecule has 1 heterocycles. The molecule has 0 aromatic heterocycles. The first-order valence-electron chi connectivity index (χ1n) is 5.01. The molecule has 1 radical (unpaired) electrons. The largest absolute Gasteiger partial charge is 0.419 e. The van der Waals surface area contributed by atoms with Crippen LogP contribution >= 0.6 is 0 Å². The predicted molar refractivity (Wildman–Crippen MR) is 51.8 cm³/mol. The molecule has 0 saturated heterocycles. The first kappa shape index (κ1) is 15.1. The number of rotatable bonds is 0. The zero-order chi connectivity index (χ0) is 16.2. The summed E-state index contributed by atoms with van der Waals surface area (Å²) in [4.78, 5) is 21.8. The minimum Gasteiger partial charge on any atom is -0.316 e. The summed E-state index contributed by atoms with van der Waals surface area (Å²) in [5, 5.41) is 4.28. The Labute approximate surface area is 110 Å². The average Bonchev–Trinajstić information content (AvgIpc) is 2.28. The summed E-state index contributed by atoms with van der Waals surface area (Å²) < 4.78 is 89.5. The summed E-state index contributed by atoms with van der Waals surface area (Å²) in [7, 11) is 0. The van der Waals surface area contributed by atoms with Gasteiger partial charge in [0.1, 0.15) is 11.3 Å². The maximum absolute atomic E-state index is 13.7. The molecular formula is C10H2F7N2O2. The number of hydrogen-bond acceptors (Lipinski definition) is 2. The van der Waals surface area contributed by atoms with Gasteiger partial charge in [-0.15, -0.1) is 0 Å². The summed E-state index contributed by atoms with van der Waals surface area (Å²) in [6.07, 6.45) is -11.2. The van der Waals surface area contributed by atoms with Crippen molar-refractivity contribution in [3.8, 4) is 0 Å². The Balaban J connectivity index is 2.80. The van der Waals surface area contributed by atoms with E-state index in [1.165, 1.54) is 0 Å². The molecule has 0 atom stereocenters. The van der Waals surface area contributed by atoms with E-state index in [0.29, 0.717) is 0 Å². The number of amides is 2. The molecule has 0 saturated carbocycles. The standard InChI is InChI=1S/C10H2F7N2O2/c11-5-4(10(15,16)17)2(9(12,13)14)1-3-6(5)19-8(21)7(20)18-3/h1H,(H,18,20). The average molecular weight is 315 g/mol. The van der Waals surface area contributed by atoms with Gasteiger partial charge < -0.3 is 5.32 Å². The summed E-state index contributed by atoms with van der Waals surface area (Å²) in [6, 6.07) is -0.116. The fourth-order valence-electron chi connectivity index (χ4n) is 1.67. The Kier molecular flexibility index (Phi) is 3.11. The van der Waals surface area contributed by atoms with Gasteiger partial charge in [0.15, 0.2) is 5.82 Å². The molecule has 4 nitrogen and oxygen atoms in total. The van der Waals surface area contributed by atoms with Crippen molar-refractivity contribution < 1.29 is 40.3 Å². The highest BCUT2D eigenvalue weighted by molar-refractivity contribution is 6.42. The molecule has 0 spiro atoms. The maximum Gasteiger partial charge on any atom is 0.419 e. The molecule has 2 rings (SSSR count). The zero-order valence-corrected chi connectivity index (χ0v) is 9.49. The van der Waals surface area contributed by atoms with E-state index in [9.17, 15) is 40.3 Å². The Hall–Kier alpha value is -2.33. The van der Waals surface area contributed by atoms with E-state index < -0.39 is 52.5 Å². The zero-order valence-electron chi connectivity index (χ0n) is 9.49. The fourth-order valence-corrected chi connectivity index (χ4v) is 1.67. The Morgan fingerprint density at radius 2 is 1.57 bits per heavy atom. The van der Waals surface area contributed by atoms with E-state index in [0.717, 1.165) is 0 Å². The second-order valence-electron chi connectivity index (χ2n) is 3.88. The van der Waals surface area contributed by atoms with Gasteiger partial charge >= 0.3 is 24.2 Å². The van der Waals surface area contributed by atoms with Crippen molar-refractivity contribution in [1.29, 1.82) is 0 Å². The highest BCUT2D eigenvalue weighted by Gasteiger charge is 2.48. The second kappa shape index (κ2) is 4.33. The minimum absolute atomic E-state index is 0.116. The lowest BCUT2D eigenvalue weighted by atomic mass is 10.0. The molecule has 1 aliphatic rings. The number of nitrogens with zero attached hydrogens (tertiary/aromatic N) is 1. The van der Waals surface area contributed by atoms with Crippen LogP contribution in [0.3, 0.4) is 0 Å². The number of halogens is 7. The van der Waals surface area contributed by atoms with Gasteiger partial charge in [0.05, 0.1) is 11.3 Å². The summed E-state index contributed by atoms with van der Waals surface area (Å²) >= 11 is 0. The number of hydrogen-bond donors (Lipinski definition) is 1. The lowest BCUT2D eigenvalue weighted by Gasteiger charge is -2.22. The van der Waals surface area contributed by atoms with Crippen LogP contribution in [0.4, 0.5) is 42.1 Å². The van der Waals surface area contributed by atoms with E-state index >= 15 is 0 Å². The van der Waals surface area contributed by atoms with Crippen molar-refractivity contribution in [3.63, 3.8) is 0 Å². The van der Waals surface area contributed by atoms with Crippen molar-refractivity contribution in [3.05, 3.63) is 23.0 Å². The molecule has 1 aromatic carbocycles. The first-order chi connectivity index (χ1) is 9.43. The third kappa shape index (κ3) is 2.50. The van der Waals surface area contributed by atoms with Crippen molar-refractivity contribution in [2.45, 2.75) is 12.4 Å². The van der Waals surface area contributed by atoms with Gasteiger partial charge in [0.25, 0.3) is 0 Å². The molecule has 21 heavy (non-hydrogen) atoms. The van der Waals surface area contributed by atoms with E-state index in [1.54, 1.807) is 5.32 Å². The quantitative estimate of drug-likeness (QED) is 0.591. The second-order valence-corrected chi connectivity index (χ2v) is 3.88. The third-order valence-electron chi connectivity index (χ3n) is 2.49. The fraction of sp³-hybridized carbons (Fsp3) is 0.200. The smallest absolute Gasteiger partial charge is 0.316 e. The van der Waals surface area contributed by atoms with Gasteiger partial charge in [0, 0.05) is 0 Å². The van der Waals surface area contributed by atoms with Crippen LogP contribution in [0, 0.1) is 5.82 Å². The molecular weight excluding hydrogens is 313 g/mol. The molecule has 1 aromatic rings. The van der Waals surface area contributed by atoms with E-state index in [1.807, 2.05) is 0 Å². The van der Waals surface area contributed by atoms with Gasteiger partial charge in [-0.1, -0.05) is 0 Å². The van der Waals surface area contributed by atoms with Crippen LogP contribution in [0.15, 0.2) is 6.07 Å². The number of nitrogens with one attached hydrogen (secondary N) is 1. The molecule has 0 unspecified atom stereocenters. The third-order valence-corrected chi connectivity index (χ3v) is 2.49. The van der Waals surface area contributed by atoms with Crippen molar-refractivity contribution in [2.75, 3.05) is 5.32 Å². The molecule has 11 heteroatoms. The first-order valence-corrected chi connectivity index (χ1v) is 5.01. The van der Waals surface area contributed by atoms with Gasteiger partial charge in [-0.2, -0.15) is 31.7 Å². The van der Waals surface area contributed by atoms with Crippen LogP contribution in [0.5, 0.6) is 0 Å². The predicted octanol–water partition coefficient (Wildman–Crippen LogP) is 2.58. The van der Waals surface area contributed by atoms with Gasteiger partial charge in [0.2, 0.25) is 0 Å². The van der Waals surface area contributed by atoms with E-state index in [2.05, 4.69) is 5.32 Å². The molecule has 1 aliphatic heterocycles. The van der Waals surface area contributed by atoms with Gasteiger partial charge in [-0.25, -0.2) is 4.39 Å². The molecule has 1 N–H and O–H groups in total. The lowest BCUT2D eigenvalue weighted by Crippen LogP contribution is -2.35. The SMILES string of the molecule is O=C1[N]c2c(cc(C(F)(F)F)c(C(F)(F)F)c2F)NC1=O. The van der Waals surface area contributed by atoms with Gasteiger partial charge in [-0.3, -0.25) is 9.59 Å². The molecule has 0 fully saturated rings. The summed E-state index contributed by atoms with van der Waals surface area (Å²) in [5.41, 5.74) is -7.17. The Morgan fingerprint density at radius 1 is 1.00 bits per heavy atom. The van der Waals surface area contributed by atoms with Crippen LogP contribution < -0.4 is 10.6 Å². The Morgan fingerprint density at radius 3 is 2.05 bits per heavy atom. The molecule has 0 bridgehead atoms. The van der Waals surface area contributed by atoms with Crippen LogP contribution in [0.2, 0.25) is 0 Å². The number of alkyl halides is 6. The van der Waals surface area contributed by atoms with E-state index in [-0.39, 0.29) is 6.07 Å². The minimum atomic E-state index is -5.66. The highest BCUT2D eigenvalue weighted by atomic mass is 19.4. The van der Waals surface area contributed by atoms with Crippen LogP contribution in [0.1, 0.15) is 11.1 Å². The van der Waals surface area contributed by atoms with Crippen LogP contribution in [-0.4, -0.2) is 11.8 Å². The molecule has 0 aliphatic carbocycles. The Bertz CT molecular complexity index is 648. The summed E-state index contributed by atoms with van der Waals surface area (Å²) in [6.45, 7) is 0. The topological polar surface area (TPSA) is 60.3 Å². The molecule has 113 valence electrons. The monoisotopic (exact) mass is 315 g/mol. The number of carbonyl (C=O) groups is 2. The van der Waals surface area contributed by atoms with Crippen molar-refractivity contribution in [1.82, 2.24) is 5.32 Å². The number of fused-ring (bicyclic) bond motifs is 1. The molecule has 2 amide bonds. The van der Waals surface area contributed by atoms with Gasteiger partial charge in [-0.05, 0) is 6.07 Å². The normalized spacial score (nSPS) is 15.4. The van der Waals surface area contributed by atoms with E-state index in [4.69, 9.17) is 0 Å². The number of anilines is 1. The lowest BCUT2D eigenvalue weighted by molar-refractivity contribution is -0.163. The number of benzene rings is 1. The van der Waals surface area contributed by atoms with Crippen molar-refractivity contribution in [2.24, 2.45) is 0 Å². The maximum atomic E-state index is 13.7. The number of carbonyl (C=O) groups excluding carboxylic acids is 2. The van der Waals surface area contributed by atoms with Crippen molar-refractivity contribution >= 4 is 23.2 Å². The summed E-state index contributed by atoms with van der Waals surface area (Å²) in [5.74, 6) is -5.47. The highest BCUT2D eigenvalue weighted by Crippen LogP contribution is 2.46. The van der Waals surface area contributed by atoms with Crippen LogP contribution in [-0.2, 0) is 21.9 Å².